The van der Waals surface area contributed by atoms with Crippen LogP contribution >= 0.6 is 0 Å². The molecule has 0 spiro atoms. The lowest BCUT2D eigenvalue weighted by molar-refractivity contribution is -0.384. The van der Waals surface area contributed by atoms with Crippen molar-refractivity contribution in [1.29, 1.82) is 0 Å². The molecule has 26 heavy (non-hydrogen) atoms. The van der Waals surface area contributed by atoms with Crippen molar-refractivity contribution in [3.05, 3.63) is 86.7 Å². The highest BCUT2D eigenvalue weighted by Gasteiger charge is 2.12. The Kier molecular flexibility index (Phi) is 4.71. The molecular formula is C21H21N3O2. The van der Waals surface area contributed by atoms with Crippen molar-refractivity contribution in [2.45, 2.75) is 27.7 Å². The monoisotopic (exact) mass is 347 g/mol. The molecule has 0 amide bonds. The summed E-state index contributed by atoms with van der Waals surface area (Å²) in [5.74, 6) is 0. The van der Waals surface area contributed by atoms with Gasteiger partial charge in [-0.2, -0.15) is 0 Å². The number of hydrogen-bond donors (Lipinski definition) is 0. The van der Waals surface area contributed by atoms with E-state index in [1.165, 1.54) is 11.6 Å². The van der Waals surface area contributed by atoms with E-state index in [-0.39, 0.29) is 10.6 Å². The Hall–Kier alpha value is -3.21. The minimum atomic E-state index is -0.375. The molecule has 0 radical (unpaired) electrons. The SMILES string of the molecule is Cc1ccc(N=Cc2cc(C)n(-c3cccc([N+](=O)[O-])c3)c2C)c(C)c1. The fraction of sp³-hybridized carbons (Fsp3) is 0.190. The molecule has 0 N–H and O–H groups in total. The Bertz CT molecular complexity index is 1020. The van der Waals surface area contributed by atoms with Crippen LogP contribution in [0.5, 0.6) is 0 Å². The van der Waals surface area contributed by atoms with Gasteiger partial charge in [-0.15, -0.1) is 0 Å². The van der Waals surface area contributed by atoms with Gasteiger partial charge < -0.3 is 4.57 Å². The van der Waals surface area contributed by atoms with Gasteiger partial charge in [0.25, 0.3) is 5.69 Å². The van der Waals surface area contributed by atoms with Gasteiger partial charge in [-0.1, -0.05) is 23.8 Å². The highest BCUT2D eigenvalue weighted by Crippen LogP contribution is 2.24. The minimum Gasteiger partial charge on any atom is -0.318 e. The lowest BCUT2D eigenvalue weighted by Crippen LogP contribution is -2.00. The zero-order chi connectivity index (χ0) is 18.8. The zero-order valence-corrected chi connectivity index (χ0v) is 15.4. The topological polar surface area (TPSA) is 60.4 Å². The van der Waals surface area contributed by atoms with Gasteiger partial charge in [0.05, 0.1) is 16.3 Å². The average molecular weight is 347 g/mol. The summed E-state index contributed by atoms with van der Waals surface area (Å²) in [6.45, 7) is 8.09. The average Bonchev–Trinajstić information content (AvgIpc) is 2.88. The van der Waals surface area contributed by atoms with Gasteiger partial charge in [0.2, 0.25) is 0 Å². The Morgan fingerprint density at radius 1 is 1.04 bits per heavy atom. The molecule has 0 aliphatic rings. The number of nitrogens with zero attached hydrogens (tertiary/aromatic N) is 3. The second-order valence-corrected chi connectivity index (χ2v) is 6.49. The standard InChI is InChI=1S/C21H21N3O2/c1-14-8-9-21(15(2)10-14)22-13-18-11-16(3)23(17(18)4)19-6-5-7-20(12-19)24(25)26/h5-13H,1-4H3. The maximum absolute atomic E-state index is 11.0. The first-order valence-corrected chi connectivity index (χ1v) is 8.42. The number of aliphatic imine (C=N–C) groups is 1. The van der Waals surface area contributed by atoms with Crippen LogP contribution in [0, 0.1) is 37.8 Å². The number of aromatic nitrogens is 1. The summed E-state index contributed by atoms with van der Waals surface area (Å²) in [5.41, 5.74) is 7.14. The molecule has 0 saturated carbocycles. The fourth-order valence-corrected chi connectivity index (χ4v) is 3.15. The first-order valence-electron chi connectivity index (χ1n) is 8.42. The molecule has 0 unspecified atom stereocenters. The van der Waals surface area contributed by atoms with Gasteiger partial charge >= 0.3 is 0 Å². The molecule has 2 aromatic carbocycles. The quantitative estimate of drug-likeness (QED) is 0.362. The number of non-ortho nitro benzene ring substituents is 1. The number of aryl methyl sites for hydroxylation is 3. The highest BCUT2D eigenvalue weighted by atomic mass is 16.6. The molecule has 1 heterocycles. The van der Waals surface area contributed by atoms with Crippen LogP contribution in [0.3, 0.4) is 0 Å². The van der Waals surface area contributed by atoms with Crippen molar-refractivity contribution in [2.75, 3.05) is 0 Å². The van der Waals surface area contributed by atoms with Crippen LogP contribution in [0.15, 0.2) is 53.5 Å². The van der Waals surface area contributed by atoms with Crippen molar-refractivity contribution >= 4 is 17.6 Å². The van der Waals surface area contributed by atoms with E-state index in [1.807, 2.05) is 55.8 Å². The summed E-state index contributed by atoms with van der Waals surface area (Å²) in [4.78, 5) is 15.3. The van der Waals surface area contributed by atoms with Gasteiger partial charge in [-0.05, 0) is 51.5 Å². The maximum atomic E-state index is 11.0. The molecule has 0 atom stereocenters. The number of hydrogen-bond acceptors (Lipinski definition) is 3. The van der Waals surface area contributed by atoms with E-state index in [4.69, 9.17) is 0 Å². The molecule has 3 aromatic rings. The number of benzene rings is 2. The number of nitro benzene ring substituents is 1. The van der Waals surface area contributed by atoms with Gasteiger partial charge in [0, 0.05) is 35.3 Å². The van der Waals surface area contributed by atoms with Gasteiger partial charge in [-0.3, -0.25) is 15.1 Å². The van der Waals surface area contributed by atoms with Gasteiger partial charge in [0.15, 0.2) is 0 Å². The van der Waals surface area contributed by atoms with Crippen LogP contribution in [0.25, 0.3) is 5.69 Å². The third kappa shape index (κ3) is 3.42. The Labute approximate surface area is 152 Å². The van der Waals surface area contributed by atoms with E-state index in [0.717, 1.165) is 33.9 Å². The van der Waals surface area contributed by atoms with Crippen LogP contribution in [-0.4, -0.2) is 15.7 Å². The first-order chi connectivity index (χ1) is 12.4. The molecule has 0 saturated heterocycles. The molecule has 0 bridgehead atoms. The maximum Gasteiger partial charge on any atom is 0.271 e. The molecule has 0 aliphatic heterocycles. The van der Waals surface area contributed by atoms with Crippen molar-refractivity contribution in [3.63, 3.8) is 0 Å². The van der Waals surface area contributed by atoms with Crippen molar-refractivity contribution < 1.29 is 4.92 Å². The second kappa shape index (κ2) is 6.96. The van der Waals surface area contributed by atoms with Crippen LogP contribution < -0.4 is 0 Å². The Balaban J connectivity index is 1.99. The third-order valence-corrected chi connectivity index (χ3v) is 4.46. The molecule has 0 fully saturated rings. The van der Waals surface area contributed by atoms with E-state index in [0.29, 0.717) is 0 Å². The molecule has 0 aliphatic carbocycles. The van der Waals surface area contributed by atoms with Crippen molar-refractivity contribution in [3.8, 4) is 5.69 Å². The van der Waals surface area contributed by atoms with Crippen LogP contribution in [0.1, 0.15) is 28.1 Å². The minimum absolute atomic E-state index is 0.0838. The van der Waals surface area contributed by atoms with E-state index in [2.05, 4.69) is 18.0 Å². The lowest BCUT2D eigenvalue weighted by atomic mass is 10.1. The summed E-state index contributed by atoms with van der Waals surface area (Å²) in [7, 11) is 0. The fourth-order valence-electron chi connectivity index (χ4n) is 3.15. The summed E-state index contributed by atoms with van der Waals surface area (Å²) in [5, 5.41) is 11.0. The molecule has 1 aromatic heterocycles. The Morgan fingerprint density at radius 3 is 2.50 bits per heavy atom. The normalized spacial score (nSPS) is 11.2. The van der Waals surface area contributed by atoms with Crippen molar-refractivity contribution in [1.82, 2.24) is 4.57 Å². The van der Waals surface area contributed by atoms with Crippen LogP contribution in [-0.2, 0) is 0 Å². The predicted octanol–water partition coefficient (Wildman–Crippen LogP) is 5.37. The van der Waals surface area contributed by atoms with Crippen LogP contribution in [0.4, 0.5) is 11.4 Å². The largest absolute Gasteiger partial charge is 0.318 e. The molecular weight excluding hydrogens is 326 g/mol. The molecule has 132 valence electrons. The zero-order valence-electron chi connectivity index (χ0n) is 15.4. The second-order valence-electron chi connectivity index (χ2n) is 6.49. The van der Waals surface area contributed by atoms with E-state index in [9.17, 15) is 10.1 Å². The van der Waals surface area contributed by atoms with Crippen LogP contribution in [0.2, 0.25) is 0 Å². The number of nitro groups is 1. The summed E-state index contributed by atoms with van der Waals surface area (Å²) >= 11 is 0. The molecule has 3 rings (SSSR count). The smallest absolute Gasteiger partial charge is 0.271 e. The van der Waals surface area contributed by atoms with E-state index in [1.54, 1.807) is 12.1 Å². The first kappa shape index (κ1) is 17.6. The summed E-state index contributed by atoms with van der Waals surface area (Å²) in [6, 6.07) is 14.9. The summed E-state index contributed by atoms with van der Waals surface area (Å²) < 4.78 is 2.01. The number of rotatable bonds is 4. The third-order valence-electron chi connectivity index (χ3n) is 4.46. The molecule has 5 nitrogen and oxygen atoms in total. The Morgan fingerprint density at radius 2 is 1.81 bits per heavy atom. The van der Waals surface area contributed by atoms with Gasteiger partial charge in [-0.25, -0.2) is 0 Å². The predicted molar refractivity (Wildman–Crippen MR) is 105 cm³/mol. The van der Waals surface area contributed by atoms with Crippen molar-refractivity contribution in [2.24, 2.45) is 4.99 Å². The lowest BCUT2D eigenvalue weighted by Gasteiger charge is -2.09. The van der Waals surface area contributed by atoms with Gasteiger partial charge in [0.1, 0.15) is 0 Å². The highest BCUT2D eigenvalue weighted by molar-refractivity contribution is 5.84. The van der Waals surface area contributed by atoms with E-state index >= 15 is 0 Å². The molecule has 5 heteroatoms. The summed E-state index contributed by atoms with van der Waals surface area (Å²) in [6.07, 6.45) is 1.86. The van der Waals surface area contributed by atoms with E-state index < -0.39 is 0 Å².